The number of ether oxygens (including phenoxy) is 1. The van der Waals surface area contributed by atoms with Crippen LogP contribution in [0.5, 0.6) is 0 Å². The van der Waals surface area contributed by atoms with Gasteiger partial charge in [0.15, 0.2) is 0 Å². The molecule has 0 saturated carbocycles. The summed E-state index contributed by atoms with van der Waals surface area (Å²) >= 11 is 0. The van der Waals surface area contributed by atoms with Crippen LogP contribution in [-0.2, 0) is 21.4 Å². The Labute approximate surface area is 129 Å². The number of nitrogens with one attached hydrogen (secondary N) is 1. The minimum absolute atomic E-state index is 0.322. The minimum Gasteiger partial charge on any atom is -0.377 e. The van der Waals surface area contributed by atoms with Crippen molar-refractivity contribution in [3.05, 3.63) is 29.3 Å². The van der Waals surface area contributed by atoms with Crippen LogP contribution in [0.3, 0.4) is 0 Å². The lowest BCUT2D eigenvalue weighted by atomic mass is 10.1. The number of sulfonamides is 1. The molecule has 1 rings (SSSR count). The SMILES string of the molecule is Cc1ccc(COCC(C)C)cc1S(=O)(=O)NC(C)(C)C. The van der Waals surface area contributed by atoms with Gasteiger partial charge >= 0.3 is 0 Å². The van der Waals surface area contributed by atoms with Crippen molar-refractivity contribution in [2.75, 3.05) is 6.61 Å². The summed E-state index contributed by atoms with van der Waals surface area (Å²) in [6.45, 7) is 12.5. The molecule has 0 aliphatic heterocycles. The molecule has 0 aliphatic carbocycles. The summed E-state index contributed by atoms with van der Waals surface area (Å²) in [7, 11) is -3.52. The number of hydrogen-bond acceptors (Lipinski definition) is 3. The van der Waals surface area contributed by atoms with Crippen LogP contribution in [0.25, 0.3) is 0 Å². The van der Waals surface area contributed by atoms with Crippen LogP contribution in [0.2, 0.25) is 0 Å². The molecule has 1 aromatic rings. The molecule has 0 fully saturated rings. The van der Waals surface area contributed by atoms with Gasteiger partial charge in [0, 0.05) is 12.1 Å². The lowest BCUT2D eigenvalue weighted by Gasteiger charge is -2.21. The maximum Gasteiger partial charge on any atom is 0.241 e. The highest BCUT2D eigenvalue weighted by Crippen LogP contribution is 2.19. The van der Waals surface area contributed by atoms with Crippen molar-refractivity contribution in [3.8, 4) is 0 Å². The van der Waals surface area contributed by atoms with Crippen molar-refractivity contribution in [3.63, 3.8) is 0 Å². The van der Waals surface area contributed by atoms with E-state index in [9.17, 15) is 8.42 Å². The Hall–Kier alpha value is -0.910. The van der Waals surface area contributed by atoms with Crippen LogP contribution in [0.4, 0.5) is 0 Å². The molecule has 1 aromatic carbocycles. The van der Waals surface area contributed by atoms with Gasteiger partial charge in [-0.15, -0.1) is 0 Å². The predicted molar refractivity (Wildman–Crippen MR) is 85.7 cm³/mol. The fourth-order valence-electron chi connectivity index (χ4n) is 1.89. The number of hydrogen-bond donors (Lipinski definition) is 1. The Morgan fingerprint density at radius 1 is 1.24 bits per heavy atom. The fourth-order valence-corrected chi connectivity index (χ4v) is 3.61. The second-order valence-electron chi connectivity index (χ2n) is 6.86. The summed E-state index contributed by atoms with van der Waals surface area (Å²) in [5.74, 6) is 0.459. The molecule has 5 heteroatoms. The molecule has 1 N–H and O–H groups in total. The zero-order valence-corrected chi connectivity index (χ0v) is 14.7. The highest BCUT2D eigenvalue weighted by atomic mass is 32.2. The van der Waals surface area contributed by atoms with Crippen molar-refractivity contribution < 1.29 is 13.2 Å². The average molecular weight is 313 g/mol. The van der Waals surface area contributed by atoms with Gasteiger partial charge in [0.2, 0.25) is 10.0 Å². The van der Waals surface area contributed by atoms with Crippen LogP contribution >= 0.6 is 0 Å². The van der Waals surface area contributed by atoms with Gasteiger partial charge < -0.3 is 4.74 Å². The van der Waals surface area contributed by atoms with Crippen molar-refractivity contribution in [1.29, 1.82) is 0 Å². The van der Waals surface area contributed by atoms with E-state index in [-0.39, 0.29) is 0 Å². The highest BCUT2D eigenvalue weighted by molar-refractivity contribution is 7.89. The average Bonchev–Trinajstić information content (AvgIpc) is 2.27. The van der Waals surface area contributed by atoms with Gasteiger partial charge in [0.25, 0.3) is 0 Å². The lowest BCUT2D eigenvalue weighted by Crippen LogP contribution is -2.40. The zero-order chi connectivity index (χ0) is 16.3. The second-order valence-corrected chi connectivity index (χ2v) is 8.52. The molecule has 0 aliphatic rings. The third-order valence-electron chi connectivity index (χ3n) is 2.70. The Morgan fingerprint density at radius 2 is 1.86 bits per heavy atom. The summed E-state index contributed by atoms with van der Waals surface area (Å²) < 4.78 is 33.2. The maximum absolute atomic E-state index is 12.5. The zero-order valence-electron chi connectivity index (χ0n) is 13.9. The van der Waals surface area contributed by atoms with Gasteiger partial charge in [0.1, 0.15) is 0 Å². The van der Waals surface area contributed by atoms with Gasteiger partial charge in [-0.2, -0.15) is 0 Å². The first kappa shape index (κ1) is 18.1. The van der Waals surface area contributed by atoms with Crippen molar-refractivity contribution in [1.82, 2.24) is 4.72 Å². The lowest BCUT2D eigenvalue weighted by molar-refractivity contribution is 0.0969. The first-order valence-corrected chi connectivity index (χ1v) is 8.71. The smallest absolute Gasteiger partial charge is 0.241 e. The van der Waals surface area contributed by atoms with E-state index >= 15 is 0 Å². The molecule has 21 heavy (non-hydrogen) atoms. The number of benzene rings is 1. The van der Waals surface area contributed by atoms with E-state index in [1.54, 1.807) is 13.0 Å². The van der Waals surface area contributed by atoms with E-state index in [0.29, 0.717) is 24.0 Å². The molecule has 0 spiro atoms. The summed E-state index contributed by atoms with van der Waals surface area (Å²) in [6, 6.07) is 5.43. The summed E-state index contributed by atoms with van der Waals surface area (Å²) in [5.41, 5.74) is 1.10. The molecule has 4 nitrogen and oxygen atoms in total. The maximum atomic E-state index is 12.5. The fraction of sp³-hybridized carbons (Fsp3) is 0.625. The number of rotatable bonds is 6. The van der Waals surface area contributed by atoms with Gasteiger partial charge in [-0.05, 0) is 50.8 Å². The summed E-state index contributed by atoms with van der Waals surface area (Å²) in [4.78, 5) is 0.322. The third-order valence-corrected chi connectivity index (χ3v) is 4.60. The van der Waals surface area contributed by atoms with E-state index in [1.807, 2.05) is 32.9 Å². The van der Waals surface area contributed by atoms with E-state index in [1.165, 1.54) is 0 Å². The van der Waals surface area contributed by atoms with Crippen molar-refractivity contribution in [2.45, 2.75) is 58.6 Å². The molecule has 0 atom stereocenters. The van der Waals surface area contributed by atoms with E-state index < -0.39 is 15.6 Å². The molecule has 0 unspecified atom stereocenters. The quantitative estimate of drug-likeness (QED) is 0.877. The Morgan fingerprint density at radius 3 is 2.38 bits per heavy atom. The van der Waals surface area contributed by atoms with E-state index in [4.69, 9.17) is 4.74 Å². The Kier molecular flexibility index (Phi) is 5.96. The topological polar surface area (TPSA) is 55.4 Å². The molecule has 0 heterocycles. The molecule has 0 bridgehead atoms. The first-order valence-electron chi connectivity index (χ1n) is 7.22. The number of aryl methyl sites for hydroxylation is 1. The van der Waals surface area contributed by atoms with Crippen LogP contribution in [0.1, 0.15) is 45.7 Å². The second kappa shape index (κ2) is 6.90. The minimum atomic E-state index is -3.52. The summed E-state index contributed by atoms with van der Waals surface area (Å²) in [6.07, 6.45) is 0. The highest BCUT2D eigenvalue weighted by Gasteiger charge is 2.23. The van der Waals surface area contributed by atoms with Gasteiger partial charge in [-0.1, -0.05) is 26.0 Å². The third kappa shape index (κ3) is 6.16. The predicted octanol–water partition coefficient (Wildman–Crippen LogP) is 3.24. The van der Waals surface area contributed by atoms with Crippen LogP contribution in [-0.4, -0.2) is 20.6 Å². The normalized spacial score (nSPS) is 12.9. The van der Waals surface area contributed by atoms with Crippen molar-refractivity contribution in [2.24, 2.45) is 5.92 Å². The van der Waals surface area contributed by atoms with Crippen molar-refractivity contribution >= 4 is 10.0 Å². The Balaban J connectivity index is 2.97. The molecular formula is C16H27NO3S. The molecule has 0 amide bonds. The largest absolute Gasteiger partial charge is 0.377 e. The molecule has 120 valence electrons. The first-order chi connectivity index (χ1) is 9.51. The summed E-state index contributed by atoms with van der Waals surface area (Å²) in [5, 5.41) is 0. The van der Waals surface area contributed by atoms with E-state index in [2.05, 4.69) is 18.6 Å². The van der Waals surface area contributed by atoms with Gasteiger partial charge in [-0.25, -0.2) is 13.1 Å². The molecule has 0 aromatic heterocycles. The Bertz CT molecular complexity index is 572. The van der Waals surface area contributed by atoms with Crippen LogP contribution in [0, 0.1) is 12.8 Å². The van der Waals surface area contributed by atoms with Gasteiger partial charge in [0.05, 0.1) is 11.5 Å². The molecular weight excluding hydrogens is 286 g/mol. The molecule has 0 saturated heterocycles. The molecule has 0 radical (unpaired) electrons. The standard InChI is InChI=1S/C16H27NO3S/c1-12(2)10-20-11-14-8-7-13(3)15(9-14)21(18,19)17-16(4,5)6/h7-9,12,17H,10-11H2,1-6H3. The van der Waals surface area contributed by atoms with Gasteiger partial charge in [-0.3, -0.25) is 0 Å². The van der Waals surface area contributed by atoms with Crippen LogP contribution < -0.4 is 4.72 Å². The van der Waals surface area contributed by atoms with Crippen LogP contribution in [0.15, 0.2) is 23.1 Å². The van der Waals surface area contributed by atoms with E-state index in [0.717, 1.165) is 11.1 Å². The monoisotopic (exact) mass is 313 g/mol.